The Morgan fingerprint density at radius 1 is 0.746 bits per heavy atom. The van der Waals surface area contributed by atoms with Crippen LogP contribution in [0.5, 0.6) is 0 Å². The van der Waals surface area contributed by atoms with E-state index in [0.29, 0.717) is 13.1 Å². The minimum absolute atomic E-state index is 0.0101. The minimum atomic E-state index is -0.882. The van der Waals surface area contributed by atoms with E-state index in [2.05, 4.69) is 15.3 Å². The average molecular weight is 1040 g/mol. The molecule has 368 valence electrons. The van der Waals surface area contributed by atoms with Crippen LogP contribution in [-0.4, -0.2) is 136 Å². The molecule has 0 saturated carbocycles. The quantitative estimate of drug-likeness (QED) is 0.112. The molecular weight excluding hydrogens is 990 g/mol. The van der Waals surface area contributed by atoms with Crippen LogP contribution >= 0.6 is 58.0 Å². The topological polar surface area (TPSA) is 271 Å². The Kier molecular flexibility index (Phi) is 17.7. The average Bonchev–Trinajstić information content (AvgIpc) is 3.21. The smallest absolute Gasteiger partial charge is 0.410 e. The fourth-order valence-corrected chi connectivity index (χ4v) is 7.87. The van der Waals surface area contributed by atoms with Crippen LogP contribution in [0.25, 0.3) is 22.1 Å². The molecule has 0 unspecified atom stereocenters. The van der Waals surface area contributed by atoms with Gasteiger partial charge in [0.15, 0.2) is 0 Å². The molecule has 2 fully saturated rings. The van der Waals surface area contributed by atoms with E-state index in [1.165, 1.54) is 31.1 Å². The van der Waals surface area contributed by atoms with Crippen molar-refractivity contribution in [3.05, 3.63) is 78.4 Å². The number of anilines is 1. The first-order chi connectivity index (χ1) is 30.9. The number of nitro groups is 2. The van der Waals surface area contributed by atoms with Crippen LogP contribution in [0, 0.1) is 20.2 Å². The summed E-state index contributed by atoms with van der Waals surface area (Å²) in [6.45, 7) is 15.4. The molecule has 0 spiro atoms. The molecule has 4 atom stereocenters. The fraction of sp³-hybridized carbons (Fsp3) is 0.550. The van der Waals surface area contributed by atoms with Crippen molar-refractivity contribution < 1.29 is 39.1 Å². The third-order valence-corrected chi connectivity index (χ3v) is 12.0. The Balaban J connectivity index is 0.000000242. The van der Waals surface area contributed by atoms with Crippen LogP contribution in [0.1, 0.15) is 55.4 Å². The maximum absolute atomic E-state index is 12.9. The summed E-state index contributed by atoms with van der Waals surface area (Å²) in [5.41, 5.74) is -4.12. The van der Waals surface area contributed by atoms with E-state index in [-0.39, 0.29) is 91.0 Å². The highest BCUT2D eigenvalue weighted by molar-refractivity contribution is 6.43. The first kappa shape index (κ1) is 54.8. The van der Waals surface area contributed by atoms with Gasteiger partial charge in [-0.2, -0.15) is 0 Å². The predicted octanol–water partition coefficient (Wildman–Crippen LogP) is 6.33. The number of hydrogen-bond donors (Lipinski definition) is 3. The summed E-state index contributed by atoms with van der Waals surface area (Å²) < 4.78 is 12.8. The molecule has 4 aromatic rings. The second-order valence-corrected chi connectivity index (χ2v) is 19.5. The van der Waals surface area contributed by atoms with Gasteiger partial charge in [-0.3, -0.25) is 39.0 Å². The number of aryl methyl sites for hydroxylation is 2. The van der Waals surface area contributed by atoms with Gasteiger partial charge in [-0.15, -0.1) is 0 Å². The highest BCUT2D eigenvalue weighted by Crippen LogP contribution is 2.39. The van der Waals surface area contributed by atoms with E-state index in [0.717, 1.165) is 9.13 Å². The first-order valence-corrected chi connectivity index (χ1v) is 22.3. The molecule has 0 aliphatic carbocycles. The number of amides is 2. The van der Waals surface area contributed by atoms with Crippen LogP contribution in [-0.2, 0) is 23.6 Å². The van der Waals surface area contributed by atoms with Crippen molar-refractivity contribution in [1.29, 1.82) is 0 Å². The number of carbonyl (C=O) groups excluding carboxylic acids is 2. The number of carbonyl (C=O) groups is 2. The molecule has 0 aromatic carbocycles. The monoisotopic (exact) mass is 1040 g/mol. The number of nitrogens with one attached hydrogen (secondary N) is 1. The molecule has 67 heavy (non-hydrogen) atoms. The van der Waals surface area contributed by atoms with Crippen molar-refractivity contribution in [2.75, 3.05) is 44.3 Å². The lowest BCUT2D eigenvalue weighted by Gasteiger charge is -2.45. The number of rotatable bonds is 5. The van der Waals surface area contributed by atoms with Crippen LogP contribution in [0.4, 0.5) is 26.7 Å². The van der Waals surface area contributed by atoms with Gasteiger partial charge in [0.1, 0.15) is 43.5 Å². The molecule has 2 aliphatic heterocycles. The number of halogens is 5. The number of aliphatic hydroxyl groups is 2. The lowest BCUT2D eigenvalue weighted by molar-refractivity contribution is -0.386. The van der Waals surface area contributed by atoms with E-state index in [1.54, 1.807) is 37.5 Å². The number of ether oxygens (including phenoxy) is 2. The van der Waals surface area contributed by atoms with Gasteiger partial charge in [-0.25, -0.2) is 19.6 Å². The van der Waals surface area contributed by atoms with Crippen molar-refractivity contribution in [1.82, 2.24) is 34.2 Å². The molecule has 0 bridgehead atoms. The van der Waals surface area contributed by atoms with Gasteiger partial charge in [-0.05, 0) is 67.5 Å². The van der Waals surface area contributed by atoms with E-state index in [9.17, 15) is 44.5 Å². The van der Waals surface area contributed by atoms with E-state index in [4.69, 9.17) is 72.6 Å². The molecule has 2 saturated heterocycles. The molecular formula is C40H51Cl5N10O12. The van der Waals surface area contributed by atoms with Crippen molar-refractivity contribution in [3.63, 3.8) is 0 Å². The lowest BCUT2D eigenvalue weighted by atomic mass is 10.0. The predicted molar refractivity (Wildman–Crippen MR) is 254 cm³/mol. The molecule has 22 nitrogen and oxygen atoms in total. The molecule has 0 radical (unpaired) electrons. The van der Waals surface area contributed by atoms with Gasteiger partial charge in [0.25, 0.3) is 0 Å². The summed E-state index contributed by atoms with van der Waals surface area (Å²) in [6.07, 6.45) is -0.868. The third-order valence-electron chi connectivity index (χ3n) is 10.2. The summed E-state index contributed by atoms with van der Waals surface area (Å²) in [4.78, 5) is 83.2. The summed E-state index contributed by atoms with van der Waals surface area (Å²) in [5, 5.41) is 45.4. The van der Waals surface area contributed by atoms with Crippen LogP contribution < -0.4 is 21.3 Å². The zero-order chi connectivity index (χ0) is 50.8. The Labute approximate surface area is 408 Å². The van der Waals surface area contributed by atoms with E-state index in [1.807, 2.05) is 27.7 Å². The standard InChI is InChI=1S/C20H25Cl2N5O6.C11H22N2O3.C9H4Cl3N3O3/c1-10-7-26(11(9-28)8-25(10)19(30)33-20(2,3)4)14-12-6-13(21)16(22)23-17(12)24(5)18(29)15(14)27(31)32;1-8-5-12-9(7-14)6-13(8)10(15)16-11(2,3)4;1-14-8-3(2-4(10)7(12)13-8)5(11)6(9(14)16)15(17)18/h6,10-11,28H,7-9H2,1-5H3;8-9,12,14H,5-7H2,1-4H3;2H,1H3/t10-,11-;8-,9-;/m11./s1. The summed E-state index contributed by atoms with van der Waals surface area (Å²) in [5.74, 6) is 0. The van der Waals surface area contributed by atoms with Gasteiger partial charge in [0.05, 0.1) is 39.1 Å². The summed E-state index contributed by atoms with van der Waals surface area (Å²) >= 11 is 29.5. The molecule has 4 aromatic heterocycles. The van der Waals surface area contributed by atoms with Gasteiger partial charge in [0.2, 0.25) is 0 Å². The number of aliphatic hydroxyl groups excluding tert-OH is 2. The molecule has 6 rings (SSSR count). The van der Waals surface area contributed by atoms with Gasteiger partial charge >= 0.3 is 34.7 Å². The fourth-order valence-electron chi connectivity index (χ4n) is 7.01. The Morgan fingerprint density at radius 2 is 1.19 bits per heavy atom. The molecule has 6 heterocycles. The number of nitrogens with zero attached hydrogens (tertiary/aromatic N) is 9. The second-order valence-electron chi connectivity index (χ2n) is 17.6. The van der Waals surface area contributed by atoms with Crippen LogP contribution in [0.15, 0.2) is 21.7 Å². The second kappa shape index (κ2) is 21.6. The Hall–Kier alpha value is -4.81. The highest BCUT2D eigenvalue weighted by atomic mass is 35.5. The SMILES string of the molecule is C[C@@H]1CN(c2c([N+](=O)[O-])c(=O)n(C)c3nc(Cl)c(Cl)cc23)[C@@H](CO)CN1C(=O)OC(C)(C)C.C[C@@H]1CN[C@@H](CO)CN1C(=O)OC(C)(C)C.Cn1c(=O)c([N+](=O)[O-])c(Cl)c2cc(Cl)c(Cl)nc21. The maximum Gasteiger partial charge on any atom is 0.410 e. The number of piperazine rings is 2. The van der Waals surface area contributed by atoms with Crippen molar-refractivity contribution in [2.24, 2.45) is 14.1 Å². The minimum Gasteiger partial charge on any atom is -0.444 e. The number of pyridine rings is 4. The zero-order valence-electron chi connectivity index (χ0n) is 38.1. The molecule has 2 aliphatic rings. The Bertz CT molecular complexity index is 2690. The molecule has 27 heteroatoms. The van der Waals surface area contributed by atoms with Crippen LogP contribution in [0.3, 0.4) is 0 Å². The maximum atomic E-state index is 12.9. The normalized spacial score (nSPS) is 18.7. The summed E-state index contributed by atoms with van der Waals surface area (Å²) in [6, 6.07) is 1.59. The lowest BCUT2D eigenvalue weighted by Crippen LogP contribution is -2.61. The third kappa shape index (κ3) is 12.6. The first-order valence-electron chi connectivity index (χ1n) is 20.4. The van der Waals surface area contributed by atoms with E-state index < -0.39 is 68.3 Å². The largest absolute Gasteiger partial charge is 0.444 e. The molecule has 3 N–H and O–H groups in total. The number of hydrogen-bond acceptors (Lipinski definition) is 16. The van der Waals surface area contributed by atoms with Gasteiger partial charge in [-0.1, -0.05) is 58.0 Å². The zero-order valence-corrected chi connectivity index (χ0v) is 41.9. The number of fused-ring (bicyclic) bond motifs is 2. The summed E-state index contributed by atoms with van der Waals surface area (Å²) in [7, 11) is 2.69. The number of aromatic nitrogens is 4. The van der Waals surface area contributed by atoms with E-state index >= 15 is 0 Å². The van der Waals surface area contributed by atoms with Crippen LogP contribution in [0.2, 0.25) is 25.4 Å². The van der Waals surface area contributed by atoms with Crippen molar-refractivity contribution >= 4 is 109 Å². The van der Waals surface area contributed by atoms with Crippen molar-refractivity contribution in [3.8, 4) is 0 Å². The van der Waals surface area contributed by atoms with Crippen molar-refractivity contribution in [2.45, 2.75) is 90.8 Å². The molecule has 2 amide bonds. The van der Waals surface area contributed by atoms with Gasteiger partial charge < -0.3 is 39.7 Å². The highest BCUT2D eigenvalue weighted by Gasteiger charge is 2.41. The van der Waals surface area contributed by atoms with Gasteiger partial charge in [0, 0.05) is 69.2 Å². The Morgan fingerprint density at radius 3 is 1.64 bits per heavy atom.